The lowest BCUT2D eigenvalue weighted by molar-refractivity contribution is 0.00578. The largest absolute Gasteiger partial charge is 0.496 e. The van der Waals surface area contributed by atoms with Crippen molar-refractivity contribution in [1.82, 2.24) is 4.23 Å². The van der Waals surface area contributed by atoms with Crippen LogP contribution in [0.5, 0.6) is 0 Å². The smallest absolute Gasteiger partial charge is 0.399 e. The van der Waals surface area contributed by atoms with E-state index in [-0.39, 0.29) is 18.3 Å². The van der Waals surface area contributed by atoms with Crippen molar-refractivity contribution in [2.75, 3.05) is 0 Å². The van der Waals surface area contributed by atoms with E-state index in [1.807, 2.05) is 0 Å². The number of aromatic nitrogens is 1. The molecule has 1 aromatic heterocycles. The zero-order chi connectivity index (χ0) is 16.2. The van der Waals surface area contributed by atoms with Gasteiger partial charge in [-0.3, -0.25) is 0 Å². The van der Waals surface area contributed by atoms with Gasteiger partial charge in [-0.2, -0.15) is 0 Å². The number of rotatable bonds is 3. The molecule has 1 fully saturated rings. The van der Waals surface area contributed by atoms with Crippen molar-refractivity contribution in [3.05, 3.63) is 18.0 Å². The maximum atomic E-state index is 6.25. The van der Waals surface area contributed by atoms with Crippen LogP contribution >= 0.6 is 0 Å². The van der Waals surface area contributed by atoms with E-state index in [9.17, 15) is 0 Å². The third-order valence-corrected chi connectivity index (χ3v) is 6.60. The van der Waals surface area contributed by atoms with E-state index in [1.54, 1.807) is 0 Å². The zero-order valence-corrected chi connectivity index (χ0v) is 16.1. The molecule has 0 saturated carbocycles. The molecule has 1 saturated heterocycles. The molecule has 0 aliphatic carbocycles. The summed E-state index contributed by atoms with van der Waals surface area (Å²) in [6.45, 7) is 20.0. The molecule has 1 aliphatic rings. The van der Waals surface area contributed by atoms with Crippen molar-refractivity contribution in [1.29, 1.82) is 0 Å². The monoisotopic (exact) mass is 307 g/mol. The van der Waals surface area contributed by atoms with Crippen LogP contribution in [-0.4, -0.2) is 30.8 Å². The quantitative estimate of drug-likeness (QED) is 0.797. The molecule has 2 heterocycles. The SMILES string of the molecule is CC(C)c1cn([Si](C)(C)C)cc1B1OC(C)(C)C(C)(C)O1. The Kier molecular flexibility index (Phi) is 4.01. The first-order valence-electron chi connectivity index (χ1n) is 7.93. The van der Waals surface area contributed by atoms with E-state index < -0.39 is 8.24 Å². The molecule has 21 heavy (non-hydrogen) atoms. The van der Waals surface area contributed by atoms with Crippen LogP contribution in [0.15, 0.2) is 12.4 Å². The van der Waals surface area contributed by atoms with Crippen molar-refractivity contribution < 1.29 is 9.31 Å². The van der Waals surface area contributed by atoms with E-state index in [0.29, 0.717) is 5.92 Å². The van der Waals surface area contributed by atoms with Gasteiger partial charge >= 0.3 is 7.12 Å². The van der Waals surface area contributed by atoms with Gasteiger partial charge in [0, 0.05) is 5.46 Å². The minimum atomic E-state index is -1.41. The molecule has 0 aromatic carbocycles. The summed E-state index contributed by atoms with van der Waals surface area (Å²) in [7, 11) is -1.67. The van der Waals surface area contributed by atoms with Crippen molar-refractivity contribution in [2.45, 2.75) is 78.3 Å². The Morgan fingerprint density at radius 1 is 1.00 bits per heavy atom. The zero-order valence-electron chi connectivity index (χ0n) is 15.1. The fourth-order valence-electron chi connectivity index (χ4n) is 2.52. The molecule has 0 atom stereocenters. The maximum Gasteiger partial charge on any atom is 0.496 e. The molecule has 0 bridgehead atoms. The normalized spacial score (nSPS) is 21.3. The van der Waals surface area contributed by atoms with E-state index in [4.69, 9.17) is 9.31 Å². The summed E-state index contributed by atoms with van der Waals surface area (Å²) in [6.07, 6.45) is 4.56. The fourth-order valence-corrected chi connectivity index (χ4v) is 3.58. The molecule has 2 rings (SSSR count). The van der Waals surface area contributed by atoms with Crippen LogP contribution in [0.25, 0.3) is 0 Å². The van der Waals surface area contributed by atoms with Crippen molar-refractivity contribution in [3.8, 4) is 0 Å². The lowest BCUT2D eigenvalue weighted by Gasteiger charge is -2.32. The Morgan fingerprint density at radius 2 is 1.48 bits per heavy atom. The Hall–Kier alpha value is -0.518. The van der Waals surface area contributed by atoms with E-state index >= 15 is 0 Å². The van der Waals surface area contributed by atoms with Gasteiger partial charge in [0.25, 0.3) is 0 Å². The molecule has 0 unspecified atom stereocenters. The average Bonchev–Trinajstić information content (AvgIpc) is 2.78. The molecule has 5 heteroatoms. The first-order chi connectivity index (χ1) is 9.35. The van der Waals surface area contributed by atoms with Crippen molar-refractivity contribution in [2.24, 2.45) is 0 Å². The van der Waals surface area contributed by atoms with Gasteiger partial charge in [0.05, 0.1) is 11.2 Å². The van der Waals surface area contributed by atoms with Gasteiger partial charge in [0.15, 0.2) is 8.24 Å². The van der Waals surface area contributed by atoms with Crippen LogP contribution in [0.1, 0.15) is 53.0 Å². The van der Waals surface area contributed by atoms with Gasteiger partial charge in [0.2, 0.25) is 0 Å². The van der Waals surface area contributed by atoms with Gasteiger partial charge in [-0.1, -0.05) is 33.5 Å². The predicted molar refractivity (Wildman–Crippen MR) is 93.0 cm³/mol. The maximum absolute atomic E-state index is 6.25. The Bertz CT molecular complexity index is 513. The highest BCUT2D eigenvalue weighted by atomic mass is 28.3. The van der Waals surface area contributed by atoms with E-state index in [2.05, 4.69) is 77.8 Å². The highest BCUT2D eigenvalue weighted by molar-refractivity contribution is 6.75. The molecule has 3 nitrogen and oxygen atoms in total. The lowest BCUT2D eigenvalue weighted by Crippen LogP contribution is -2.41. The third kappa shape index (κ3) is 3.01. The van der Waals surface area contributed by atoms with E-state index in [1.165, 1.54) is 11.0 Å². The van der Waals surface area contributed by atoms with Gasteiger partial charge in [-0.05, 0) is 51.6 Å². The molecular weight excluding hydrogens is 277 g/mol. The summed E-state index contributed by atoms with van der Waals surface area (Å²) in [4.78, 5) is 0. The van der Waals surface area contributed by atoms with Gasteiger partial charge in [-0.15, -0.1) is 0 Å². The fraction of sp³-hybridized carbons (Fsp3) is 0.750. The van der Waals surface area contributed by atoms with Gasteiger partial charge in [0.1, 0.15) is 0 Å². The number of hydrogen-bond donors (Lipinski definition) is 0. The molecule has 0 radical (unpaired) electrons. The first-order valence-corrected chi connectivity index (χ1v) is 11.4. The van der Waals surface area contributed by atoms with Gasteiger partial charge in [-0.25, -0.2) is 0 Å². The number of nitrogens with zero attached hydrogens (tertiary/aromatic N) is 1. The Labute approximate surface area is 131 Å². The third-order valence-electron chi connectivity index (χ3n) is 4.79. The van der Waals surface area contributed by atoms with Crippen LogP contribution < -0.4 is 5.46 Å². The lowest BCUT2D eigenvalue weighted by atomic mass is 9.76. The molecule has 0 N–H and O–H groups in total. The summed E-state index contributed by atoms with van der Waals surface area (Å²) >= 11 is 0. The molecule has 1 aromatic rings. The summed E-state index contributed by atoms with van der Waals surface area (Å²) in [6, 6.07) is 0. The molecule has 1 aliphatic heterocycles. The molecule has 118 valence electrons. The standard InChI is InChI=1S/C16H30BNO2Si/c1-12(2)13-10-18(21(7,8)9)11-14(13)17-19-15(3,4)16(5,6)20-17/h10-12H,1-9H3. The summed E-state index contributed by atoms with van der Waals surface area (Å²) in [5.74, 6) is 0.469. The average molecular weight is 307 g/mol. The topological polar surface area (TPSA) is 23.4 Å². The minimum absolute atomic E-state index is 0.259. The highest BCUT2D eigenvalue weighted by Gasteiger charge is 2.52. The predicted octanol–water partition coefficient (Wildman–Crippen LogP) is 3.59. The van der Waals surface area contributed by atoms with Crippen molar-refractivity contribution in [3.63, 3.8) is 0 Å². The molecule has 0 spiro atoms. The second-order valence-corrected chi connectivity index (χ2v) is 13.3. The van der Waals surface area contributed by atoms with Crippen molar-refractivity contribution >= 4 is 20.8 Å². The van der Waals surface area contributed by atoms with Crippen LogP contribution in [0.3, 0.4) is 0 Å². The van der Waals surface area contributed by atoms with Crippen LogP contribution in [0, 0.1) is 0 Å². The second kappa shape index (κ2) is 5.00. The summed E-state index contributed by atoms with van der Waals surface area (Å²) < 4.78 is 14.9. The van der Waals surface area contributed by atoms with Gasteiger partial charge < -0.3 is 13.5 Å². The van der Waals surface area contributed by atoms with Crippen LogP contribution in [0.2, 0.25) is 19.6 Å². The van der Waals surface area contributed by atoms with Crippen LogP contribution in [0.4, 0.5) is 0 Å². The Balaban J connectivity index is 2.43. The number of hydrogen-bond acceptors (Lipinski definition) is 2. The first kappa shape index (κ1) is 16.8. The molecular formula is C16H30BNO2Si. The highest BCUT2D eigenvalue weighted by Crippen LogP contribution is 2.37. The van der Waals surface area contributed by atoms with E-state index in [0.717, 1.165) is 0 Å². The second-order valence-electron chi connectivity index (χ2n) is 8.49. The molecule has 0 amide bonds. The minimum Gasteiger partial charge on any atom is -0.399 e. The summed E-state index contributed by atoms with van der Waals surface area (Å²) in [5, 5.41) is 0. The Morgan fingerprint density at radius 3 is 1.86 bits per heavy atom. The van der Waals surface area contributed by atoms with Crippen LogP contribution in [-0.2, 0) is 9.31 Å². The summed E-state index contributed by atoms with van der Waals surface area (Å²) in [5.41, 5.74) is 1.97.